The molecule has 1 saturated heterocycles. The van der Waals surface area contributed by atoms with Crippen molar-refractivity contribution in [2.24, 2.45) is 0 Å². The lowest BCUT2D eigenvalue weighted by Gasteiger charge is -2.37. The third-order valence-corrected chi connectivity index (χ3v) is 6.62. The Bertz CT molecular complexity index is 1430. The Morgan fingerprint density at radius 1 is 1.00 bits per heavy atom. The molecule has 4 aromatic rings. The number of halogens is 3. The molecule has 7 nitrogen and oxygen atoms in total. The van der Waals surface area contributed by atoms with E-state index < -0.39 is 17.6 Å². The molecule has 2 aromatic heterocycles. The second kappa shape index (κ2) is 11.2. The topological polar surface area (TPSA) is 70.8 Å². The Morgan fingerprint density at radius 2 is 1.77 bits per heavy atom. The second-order valence-electron chi connectivity index (χ2n) is 9.20. The normalized spacial score (nSPS) is 14.3. The van der Waals surface area contributed by atoms with Crippen molar-refractivity contribution >= 4 is 17.3 Å². The number of piperazine rings is 1. The van der Waals surface area contributed by atoms with Gasteiger partial charge in [-0.1, -0.05) is 12.1 Å². The quantitative estimate of drug-likeness (QED) is 0.315. The molecule has 1 aliphatic heterocycles. The average molecular weight is 537 g/mol. The minimum Gasteiger partial charge on any atom is -0.497 e. The van der Waals surface area contributed by atoms with Crippen LogP contribution in [0.25, 0.3) is 11.3 Å². The Hall–Kier alpha value is -4.31. The number of carbonyl (C=O) groups excluding carboxylic acids is 1. The zero-order valence-corrected chi connectivity index (χ0v) is 21.2. The third kappa shape index (κ3) is 6.23. The van der Waals surface area contributed by atoms with Crippen molar-refractivity contribution in [3.05, 3.63) is 96.0 Å². The van der Waals surface area contributed by atoms with E-state index in [1.54, 1.807) is 37.7 Å². The summed E-state index contributed by atoms with van der Waals surface area (Å²) < 4.78 is 51.6. The van der Waals surface area contributed by atoms with Crippen molar-refractivity contribution in [3.63, 3.8) is 0 Å². The molecule has 202 valence electrons. The van der Waals surface area contributed by atoms with Crippen molar-refractivity contribution in [1.29, 1.82) is 0 Å². The van der Waals surface area contributed by atoms with E-state index in [0.29, 0.717) is 37.6 Å². The van der Waals surface area contributed by atoms with Crippen molar-refractivity contribution in [2.45, 2.75) is 12.7 Å². The summed E-state index contributed by atoms with van der Waals surface area (Å²) >= 11 is 0. The molecule has 0 radical (unpaired) electrons. The number of aromatic nitrogens is 1. The molecule has 3 heterocycles. The van der Waals surface area contributed by atoms with Crippen molar-refractivity contribution in [3.8, 4) is 17.1 Å². The summed E-state index contributed by atoms with van der Waals surface area (Å²) in [6.07, 6.45) is -1.35. The smallest absolute Gasteiger partial charge is 0.416 e. The number of alkyl halides is 3. The molecular formula is C29H27F3N4O3. The number of nitrogens with one attached hydrogen (secondary N) is 1. The molecule has 0 bridgehead atoms. The van der Waals surface area contributed by atoms with Crippen molar-refractivity contribution < 1.29 is 27.1 Å². The minimum absolute atomic E-state index is 0.00622. The number of carbonyl (C=O) groups is 1. The Morgan fingerprint density at radius 3 is 2.49 bits per heavy atom. The molecule has 0 atom stereocenters. The first-order chi connectivity index (χ1) is 18.8. The van der Waals surface area contributed by atoms with Gasteiger partial charge in [-0.15, -0.1) is 0 Å². The van der Waals surface area contributed by atoms with Gasteiger partial charge in [-0.3, -0.25) is 14.7 Å². The molecule has 0 saturated carbocycles. The SMILES string of the molecule is COc1cccc(CN2CCN(c3ccc(C(F)(F)F)cc3NC(=O)c3ccc(-c4ccncc4)o3)CC2)c1. The van der Waals surface area contributed by atoms with Crippen LogP contribution in [0, 0.1) is 0 Å². The Labute approximate surface area is 223 Å². The standard InChI is InChI=1S/C29H27F3N4O3/c1-38-23-4-2-3-20(17-23)19-35-13-15-36(16-14-35)25-6-5-22(29(30,31)32)18-24(25)34-28(37)27-8-7-26(39-27)21-9-11-33-12-10-21/h2-12,17-18H,13-16,19H2,1H3,(H,34,37). The fourth-order valence-corrected chi connectivity index (χ4v) is 4.58. The maximum Gasteiger partial charge on any atom is 0.416 e. The van der Waals surface area contributed by atoms with Gasteiger partial charge in [-0.25, -0.2) is 0 Å². The molecule has 1 N–H and O–H groups in total. The molecule has 2 aromatic carbocycles. The molecule has 1 fully saturated rings. The summed E-state index contributed by atoms with van der Waals surface area (Å²) in [6, 6.07) is 17.9. The number of benzene rings is 2. The highest BCUT2D eigenvalue weighted by Crippen LogP contribution is 2.36. The van der Waals surface area contributed by atoms with Gasteiger partial charge in [0.15, 0.2) is 5.76 Å². The lowest BCUT2D eigenvalue weighted by atomic mass is 10.1. The molecule has 0 spiro atoms. The van der Waals surface area contributed by atoms with Crippen LogP contribution in [0.15, 0.2) is 83.5 Å². The van der Waals surface area contributed by atoms with E-state index in [1.807, 2.05) is 29.2 Å². The maximum atomic E-state index is 13.5. The number of pyridine rings is 1. The van der Waals surface area contributed by atoms with E-state index in [-0.39, 0.29) is 11.4 Å². The number of hydrogen-bond donors (Lipinski definition) is 1. The lowest BCUT2D eigenvalue weighted by molar-refractivity contribution is -0.137. The van der Waals surface area contributed by atoms with Crippen LogP contribution in [0.1, 0.15) is 21.7 Å². The van der Waals surface area contributed by atoms with Crippen LogP contribution in [-0.2, 0) is 12.7 Å². The van der Waals surface area contributed by atoms with E-state index in [9.17, 15) is 18.0 Å². The number of hydrogen-bond acceptors (Lipinski definition) is 6. The van der Waals surface area contributed by atoms with Gasteiger partial charge in [-0.05, 0) is 60.2 Å². The summed E-state index contributed by atoms with van der Waals surface area (Å²) in [4.78, 5) is 21.2. The first kappa shape index (κ1) is 26.3. The third-order valence-electron chi connectivity index (χ3n) is 6.62. The van der Waals surface area contributed by atoms with Gasteiger partial charge in [0, 0.05) is 50.7 Å². The number of nitrogens with zero attached hydrogens (tertiary/aromatic N) is 3. The van der Waals surface area contributed by atoms with Crippen LogP contribution < -0.4 is 15.0 Å². The van der Waals surface area contributed by atoms with E-state index in [4.69, 9.17) is 9.15 Å². The predicted molar refractivity (Wildman–Crippen MR) is 142 cm³/mol. The lowest BCUT2D eigenvalue weighted by Crippen LogP contribution is -2.46. The summed E-state index contributed by atoms with van der Waals surface area (Å²) in [6.45, 7) is 3.33. The Balaban J connectivity index is 1.32. The van der Waals surface area contributed by atoms with E-state index in [1.165, 1.54) is 12.1 Å². The number of methoxy groups -OCH3 is 1. The highest BCUT2D eigenvalue weighted by atomic mass is 19.4. The van der Waals surface area contributed by atoms with Crippen molar-refractivity contribution in [2.75, 3.05) is 43.5 Å². The molecule has 1 amide bonds. The number of amides is 1. The van der Waals surface area contributed by atoms with E-state index in [2.05, 4.69) is 15.2 Å². The van der Waals surface area contributed by atoms with Crippen LogP contribution >= 0.6 is 0 Å². The molecular weight excluding hydrogens is 509 g/mol. The van der Waals surface area contributed by atoms with Crippen LogP contribution in [0.4, 0.5) is 24.5 Å². The van der Waals surface area contributed by atoms with E-state index >= 15 is 0 Å². The molecule has 1 aliphatic rings. The van der Waals surface area contributed by atoms with Crippen LogP contribution in [-0.4, -0.2) is 49.1 Å². The van der Waals surface area contributed by atoms with Gasteiger partial charge < -0.3 is 19.4 Å². The molecule has 10 heteroatoms. The molecule has 0 aliphatic carbocycles. The van der Waals surface area contributed by atoms with Crippen LogP contribution in [0.2, 0.25) is 0 Å². The number of furan rings is 1. The summed E-state index contributed by atoms with van der Waals surface area (Å²) in [7, 11) is 1.63. The first-order valence-corrected chi connectivity index (χ1v) is 12.4. The first-order valence-electron chi connectivity index (χ1n) is 12.4. The minimum atomic E-state index is -4.55. The average Bonchev–Trinajstić information content (AvgIpc) is 3.44. The fraction of sp³-hybridized carbons (Fsp3) is 0.241. The molecule has 0 unspecified atom stereocenters. The second-order valence-corrected chi connectivity index (χ2v) is 9.20. The maximum absolute atomic E-state index is 13.5. The zero-order valence-electron chi connectivity index (χ0n) is 21.2. The fourth-order valence-electron chi connectivity index (χ4n) is 4.58. The summed E-state index contributed by atoms with van der Waals surface area (Å²) in [5.74, 6) is 0.612. The monoisotopic (exact) mass is 536 g/mol. The van der Waals surface area contributed by atoms with Gasteiger partial charge >= 0.3 is 6.18 Å². The Kier molecular flexibility index (Phi) is 7.56. The van der Waals surface area contributed by atoms with Gasteiger partial charge in [0.05, 0.1) is 24.0 Å². The predicted octanol–water partition coefficient (Wildman–Crippen LogP) is 5.94. The molecule has 5 rings (SSSR count). The number of rotatable bonds is 7. The number of ether oxygens (including phenoxy) is 1. The van der Waals surface area contributed by atoms with Crippen LogP contribution in [0.5, 0.6) is 5.75 Å². The summed E-state index contributed by atoms with van der Waals surface area (Å²) in [5, 5.41) is 2.65. The van der Waals surface area contributed by atoms with Crippen LogP contribution in [0.3, 0.4) is 0 Å². The van der Waals surface area contributed by atoms with Gasteiger partial charge in [0.25, 0.3) is 5.91 Å². The van der Waals surface area contributed by atoms with Gasteiger partial charge in [0.2, 0.25) is 0 Å². The summed E-state index contributed by atoms with van der Waals surface area (Å²) in [5.41, 5.74) is 1.62. The molecule has 39 heavy (non-hydrogen) atoms. The van der Waals surface area contributed by atoms with E-state index in [0.717, 1.165) is 35.6 Å². The largest absolute Gasteiger partial charge is 0.497 e. The van der Waals surface area contributed by atoms with Gasteiger partial charge in [-0.2, -0.15) is 13.2 Å². The van der Waals surface area contributed by atoms with Crippen molar-refractivity contribution in [1.82, 2.24) is 9.88 Å². The zero-order chi connectivity index (χ0) is 27.4. The highest BCUT2D eigenvalue weighted by molar-refractivity contribution is 6.04. The number of anilines is 2. The van der Waals surface area contributed by atoms with Gasteiger partial charge in [0.1, 0.15) is 11.5 Å². The highest BCUT2D eigenvalue weighted by Gasteiger charge is 2.32.